The first-order valence-electron chi connectivity index (χ1n) is 11.4. The van der Waals surface area contributed by atoms with Crippen molar-refractivity contribution in [1.29, 1.82) is 0 Å². The molecule has 1 aliphatic carbocycles. The van der Waals surface area contributed by atoms with Gasteiger partial charge >= 0.3 is 0 Å². The van der Waals surface area contributed by atoms with Gasteiger partial charge in [-0.05, 0) is 49.9 Å². The van der Waals surface area contributed by atoms with E-state index < -0.39 is 0 Å². The molecule has 2 heterocycles. The molecule has 166 valence electrons. The van der Waals surface area contributed by atoms with Crippen molar-refractivity contribution < 1.29 is 9.18 Å². The molecule has 2 aliphatic rings. The summed E-state index contributed by atoms with van der Waals surface area (Å²) in [4.78, 5) is 15.1. The number of hydrogen-bond donors (Lipinski definition) is 0. The minimum absolute atomic E-state index is 0.0677. The number of aromatic nitrogens is 3. The molecule has 3 aromatic rings. The van der Waals surface area contributed by atoms with E-state index in [4.69, 9.17) is 0 Å². The molecular formula is C25H27FN4OS. The minimum Gasteiger partial charge on any atom is -0.308 e. The first-order valence-corrected chi connectivity index (χ1v) is 12.3. The lowest BCUT2D eigenvalue weighted by Gasteiger charge is -2.26. The second-order valence-electron chi connectivity index (χ2n) is 8.68. The van der Waals surface area contributed by atoms with Crippen LogP contribution in [0.5, 0.6) is 0 Å². The molecule has 2 aromatic carbocycles. The first kappa shape index (κ1) is 21.2. The van der Waals surface area contributed by atoms with E-state index in [2.05, 4.69) is 27.8 Å². The number of amides is 1. The number of benzene rings is 2. The average molecular weight is 451 g/mol. The van der Waals surface area contributed by atoms with Crippen molar-refractivity contribution in [2.45, 2.75) is 62.7 Å². The zero-order valence-corrected chi connectivity index (χ0v) is 19.0. The van der Waals surface area contributed by atoms with Gasteiger partial charge in [-0.3, -0.25) is 9.36 Å². The number of nitrogens with zero attached hydrogens (tertiary/aromatic N) is 4. The normalized spacial score (nSPS) is 18.7. The lowest BCUT2D eigenvalue weighted by atomic mass is 9.95. The molecule has 5 rings (SSSR count). The number of carbonyl (C=O) groups is 1. The van der Waals surface area contributed by atoms with E-state index in [0.717, 1.165) is 37.8 Å². The lowest BCUT2D eigenvalue weighted by molar-refractivity contribution is -0.116. The molecule has 1 fully saturated rings. The van der Waals surface area contributed by atoms with E-state index >= 15 is 0 Å². The minimum atomic E-state index is -0.299. The monoisotopic (exact) mass is 450 g/mol. The van der Waals surface area contributed by atoms with E-state index in [9.17, 15) is 9.18 Å². The number of hydrogen-bond acceptors (Lipinski definition) is 4. The SMILES string of the molecule is CC1Cc2ccccc2N1C(=O)CSc1nnc(-c2ccccc2F)n1C1CCCCC1. The van der Waals surface area contributed by atoms with Crippen molar-refractivity contribution in [3.63, 3.8) is 0 Å². The van der Waals surface area contributed by atoms with Crippen molar-refractivity contribution in [2.75, 3.05) is 10.7 Å². The summed E-state index contributed by atoms with van der Waals surface area (Å²) in [6, 6.07) is 15.2. The van der Waals surface area contributed by atoms with Gasteiger partial charge in [-0.2, -0.15) is 0 Å². The van der Waals surface area contributed by atoms with E-state index in [0.29, 0.717) is 16.5 Å². The van der Waals surface area contributed by atoms with Crippen LogP contribution in [0.4, 0.5) is 10.1 Å². The predicted molar refractivity (Wildman–Crippen MR) is 125 cm³/mol. The Morgan fingerprint density at radius 1 is 1.06 bits per heavy atom. The molecule has 0 N–H and O–H groups in total. The van der Waals surface area contributed by atoms with Crippen LogP contribution in [0, 0.1) is 5.82 Å². The maximum atomic E-state index is 14.6. The smallest absolute Gasteiger partial charge is 0.237 e. The topological polar surface area (TPSA) is 51.0 Å². The molecule has 7 heteroatoms. The van der Waals surface area contributed by atoms with Gasteiger partial charge < -0.3 is 4.90 Å². The van der Waals surface area contributed by atoms with Crippen molar-refractivity contribution in [3.05, 3.63) is 59.9 Å². The van der Waals surface area contributed by atoms with Gasteiger partial charge in [0.1, 0.15) is 5.82 Å². The maximum Gasteiger partial charge on any atom is 0.237 e. The van der Waals surface area contributed by atoms with E-state index in [1.54, 1.807) is 12.1 Å². The van der Waals surface area contributed by atoms with Crippen molar-refractivity contribution >= 4 is 23.4 Å². The third kappa shape index (κ3) is 3.94. The molecular weight excluding hydrogens is 423 g/mol. The van der Waals surface area contributed by atoms with Gasteiger partial charge in [0.25, 0.3) is 0 Å². The summed E-state index contributed by atoms with van der Waals surface area (Å²) in [6.07, 6.45) is 6.44. The molecule has 1 saturated carbocycles. The molecule has 5 nitrogen and oxygen atoms in total. The fourth-order valence-electron chi connectivity index (χ4n) is 5.01. The number of rotatable bonds is 5. The highest BCUT2D eigenvalue weighted by molar-refractivity contribution is 7.99. The Hall–Kier alpha value is -2.67. The first-order chi connectivity index (χ1) is 15.6. The Morgan fingerprint density at radius 2 is 1.81 bits per heavy atom. The Bertz CT molecular complexity index is 1120. The fraction of sp³-hybridized carbons (Fsp3) is 0.400. The number of carbonyl (C=O) groups excluding carboxylic acids is 1. The zero-order chi connectivity index (χ0) is 22.1. The van der Waals surface area contributed by atoms with Crippen LogP contribution >= 0.6 is 11.8 Å². The summed E-state index contributed by atoms with van der Waals surface area (Å²) in [5.74, 6) is 0.607. The van der Waals surface area contributed by atoms with Crippen molar-refractivity contribution in [3.8, 4) is 11.4 Å². The van der Waals surface area contributed by atoms with E-state index in [1.165, 1.54) is 29.8 Å². The van der Waals surface area contributed by atoms with Crippen LogP contribution in [0.1, 0.15) is 50.6 Å². The van der Waals surface area contributed by atoms with Crippen LogP contribution in [0.2, 0.25) is 0 Å². The standard InChI is InChI=1S/C25H27FN4OS/c1-17-15-18-9-5-8-14-22(18)29(17)23(31)16-32-25-28-27-24(20-12-6-7-13-21(20)26)30(25)19-10-3-2-4-11-19/h5-9,12-14,17,19H,2-4,10-11,15-16H2,1H3. The summed E-state index contributed by atoms with van der Waals surface area (Å²) < 4.78 is 16.7. The fourth-order valence-corrected chi connectivity index (χ4v) is 5.88. The molecule has 32 heavy (non-hydrogen) atoms. The molecule has 0 spiro atoms. The predicted octanol–water partition coefficient (Wildman–Crippen LogP) is 5.66. The van der Waals surface area contributed by atoms with Gasteiger partial charge in [-0.1, -0.05) is 61.4 Å². The van der Waals surface area contributed by atoms with Crippen LogP contribution in [0.3, 0.4) is 0 Å². The molecule has 1 aliphatic heterocycles. The molecule has 1 unspecified atom stereocenters. The van der Waals surface area contributed by atoms with Gasteiger partial charge in [0.05, 0.1) is 11.3 Å². The van der Waals surface area contributed by atoms with Crippen molar-refractivity contribution in [1.82, 2.24) is 14.8 Å². The van der Waals surface area contributed by atoms with Crippen LogP contribution in [-0.4, -0.2) is 32.5 Å². The number of anilines is 1. The molecule has 1 amide bonds. The third-order valence-corrected chi connectivity index (χ3v) is 7.45. The van der Waals surface area contributed by atoms with Crippen LogP contribution in [0.15, 0.2) is 53.7 Å². The summed E-state index contributed by atoms with van der Waals surface area (Å²) in [7, 11) is 0. The second-order valence-corrected chi connectivity index (χ2v) is 9.62. The Labute approximate surface area is 192 Å². The number of fused-ring (bicyclic) bond motifs is 1. The Kier molecular flexibility index (Phi) is 6.00. The quantitative estimate of drug-likeness (QED) is 0.471. The van der Waals surface area contributed by atoms with Gasteiger partial charge in [-0.25, -0.2) is 4.39 Å². The summed E-state index contributed by atoms with van der Waals surface area (Å²) in [6.45, 7) is 2.09. The Balaban J connectivity index is 1.41. The van der Waals surface area contributed by atoms with Gasteiger partial charge in [-0.15, -0.1) is 10.2 Å². The zero-order valence-electron chi connectivity index (χ0n) is 18.2. The van der Waals surface area contributed by atoms with E-state index in [1.807, 2.05) is 29.2 Å². The van der Waals surface area contributed by atoms with Crippen LogP contribution in [-0.2, 0) is 11.2 Å². The maximum absolute atomic E-state index is 14.6. The van der Waals surface area contributed by atoms with Gasteiger partial charge in [0.15, 0.2) is 11.0 Å². The molecule has 1 atom stereocenters. The Morgan fingerprint density at radius 3 is 2.62 bits per heavy atom. The largest absolute Gasteiger partial charge is 0.308 e. The summed E-state index contributed by atoms with van der Waals surface area (Å²) in [5.41, 5.74) is 2.68. The number of thioether (sulfide) groups is 1. The van der Waals surface area contributed by atoms with Crippen LogP contribution in [0.25, 0.3) is 11.4 Å². The van der Waals surface area contributed by atoms with Crippen LogP contribution < -0.4 is 4.90 Å². The van der Waals surface area contributed by atoms with Crippen molar-refractivity contribution in [2.24, 2.45) is 0 Å². The molecule has 0 bridgehead atoms. The second kappa shape index (κ2) is 9.06. The van der Waals surface area contributed by atoms with Gasteiger partial charge in [0, 0.05) is 17.8 Å². The highest BCUT2D eigenvalue weighted by Crippen LogP contribution is 2.37. The molecule has 0 radical (unpaired) electrons. The highest BCUT2D eigenvalue weighted by Gasteiger charge is 2.31. The number of halogens is 1. The lowest BCUT2D eigenvalue weighted by Crippen LogP contribution is -2.37. The third-order valence-electron chi connectivity index (χ3n) is 6.52. The van der Waals surface area contributed by atoms with Gasteiger partial charge in [0.2, 0.25) is 5.91 Å². The average Bonchev–Trinajstić information content (AvgIpc) is 3.38. The number of para-hydroxylation sites is 1. The summed E-state index contributed by atoms with van der Waals surface area (Å²) in [5, 5.41) is 9.48. The molecule has 1 aromatic heterocycles. The van der Waals surface area contributed by atoms with E-state index in [-0.39, 0.29) is 29.6 Å². The summed E-state index contributed by atoms with van der Waals surface area (Å²) >= 11 is 1.41. The highest BCUT2D eigenvalue weighted by atomic mass is 32.2. The molecule has 0 saturated heterocycles.